The van der Waals surface area contributed by atoms with Gasteiger partial charge in [-0.15, -0.1) is 0 Å². The van der Waals surface area contributed by atoms with Crippen LogP contribution in [0.25, 0.3) is 0 Å². The first-order chi connectivity index (χ1) is 11.4. The summed E-state index contributed by atoms with van der Waals surface area (Å²) in [6, 6.07) is 10.7. The molecule has 2 rings (SSSR count). The molecular weight excluding hydrogens is 367 g/mol. The number of hydrogen-bond acceptors (Lipinski definition) is 4. The molecule has 0 aliphatic carbocycles. The van der Waals surface area contributed by atoms with Crippen molar-refractivity contribution in [1.82, 2.24) is 0 Å². The predicted octanol–water partition coefficient (Wildman–Crippen LogP) is 0.926. The third-order valence-corrected chi connectivity index (χ3v) is 4.67. The molecule has 0 saturated heterocycles. The van der Waals surface area contributed by atoms with E-state index in [1.165, 1.54) is 18.2 Å². The molecular formula is C18H21KO5S. The standard InChI is InChI=1S/C18H22O5S.K/c1-2-3-4-5-9-14-10-8-13-17(18(14)24(20,21)22)23-16-12-7-6-11-15(16)19;/h6-8,10-13,19H,2-5,9H2,1H3,(H,20,21,22);/q;+1/p-1. The van der Waals surface area contributed by atoms with Crippen LogP contribution in [0.4, 0.5) is 0 Å². The molecule has 0 saturated carbocycles. The summed E-state index contributed by atoms with van der Waals surface area (Å²) in [6.45, 7) is 2.10. The first-order valence-electron chi connectivity index (χ1n) is 7.96. The number of aryl methyl sites for hydroxylation is 1. The first kappa shape index (κ1) is 22.6. The van der Waals surface area contributed by atoms with E-state index in [9.17, 15) is 18.1 Å². The molecule has 0 spiro atoms. The van der Waals surface area contributed by atoms with E-state index in [1.807, 2.05) is 0 Å². The van der Waals surface area contributed by atoms with Crippen molar-refractivity contribution in [3.8, 4) is 17.2 Å². The Labute approximate surface area is 191 Å². The topological polar surface area (TPSA) is 86.7 Å². The molecule has 0 radical (unpaired) electrons. The van der Waals surface area contributed by atoms with Gasteiger partial charge in [-0.3, -0.25) is 4.55 Å². The smallest absolute Gasteiger partial charge is 0.870 e. The summed E-state index contributed by atoms with van der Waals surface area (Å²) in [5.74, 6) is -0.369. The molecule has 0 unspecified atom stereocenters. The molecule has 0 amide bonds. The van der Waals surface area contributed by atoms with Gasteiger partial charge in [0.2, 0.25) is 0 Å². The van der Waals surface area contributed by atoms with Gasteiger partial charge in [0.25, 0.3) is 10.1 Å². The summed E-state index contributed by atoms with van der Waals surface area (Å²) >= 11 is 0. The molecule has 2 aromatic carbocycles. The molecule has 0 aromatic heterocycles. The third-order valence-electron chi connectivity index (χ3n) is 3.69. The average Bonchev–Trinajstić information content (AvgIpc) is 2.53. The van der Waals surface area contributed by atoms with E-state index in [4.69, 9.17) is 4.74 Å². The van der Waals surface area contributed by atoms with Crippen LogP contribution in [0.3, 0.4) is 0 Å². The molecule has 0 fully saturated rings. The Hall–Kier alpha value is -0.414. The van der Waals surface area contributed by atoms with Crippen LogP contribution in [0.2, 0.25) is 0 Å². The fourth-order valence-corrected chi connectivity index (χ4v) is 3.39. The number of benzene rings is 2. The largest absolute Gasteiger partial charge is 1.00 e. The Morgan fingerprint density at radius 2 is 1.68 bits per heavy atom. The molecule has 25 heavy (non-hydrogen) atoms. The van der Waals surface area contributed by atoms with Crippen LogP contribution in [-0.4, -0.2) is 13.0 Å². The Bertz CT molecular complexity index is 790. The van der Waals surface area contributed by atoms with Crippen LogP contribution >= 0.6 is 0 Å². The van der Waals surface area contributed by atoms with Gasteiger partial charge in [0.15, 0.2) is 0 Å². The Morgan fingerprint density at radius 1 is 1.00 bits per heavy atom. The molecule has 5 nitrogen and oxygen atoms in total. The molecule has 7 heteroatoms. The normalized spacial score (nSPS) is 11.0. The summed E-state index contributed by atoms with van der Waals surface area (Å²) < 4.78 is 38.8. The number of hydrogen-bond donors (Lipinski definition) is 1. The summed E-state index contributed by atoms with van der Waals surface area (Å²) in [7, 11) is -4.47. The SMILES string of the molecule is CCCCCCc1cccc(Oc2ccccc2[O-])c1S(=O)(=O)O.[K+]. The minimum Gasteiger partial charge on any atom is -0.870 e. The maximum Gasteiger partial charge on any atom is 1.00 e. The van der Waals surface area contributed by atoms with E-state index < -0.39 is 10.1 Å². The van der Waals surface area contributed by atoms with Crippen molar-refractivity contribution < 1.29 is 74.2 Å². The van der Waals surface area contributed by atoms with Crippen molar-refractivity contribution in [2.75, 3.05) is 0 Å². The van der Waals surface area contributed by atoms with Crippen LogP contribution in [-0.2, 0) is 16.5 Å². The van der Waals surface area contributed by atoms with Gasteiger partial charge in [-0.2, -0.15) is 8.42 Å². The number of unbranched alkanes of at least 4 members (excludes halogenated alkanes) is 3. The van der Waals surface area contributed by atoms with Crippen molar-refractivity contribution >= 4 is 10.1 Å². The average molecular weight is 389 g/mol. The monoisotopic (exact) mass is 388 g/mol. The van der Waals surface area contributed by atoms with Gasteiger partial charge in [-0.05, 0) is 30.5 Å². The molecule has 130 valence electrons. The number of ether oxygens (including phenoxy) is 1. The summed E-state index contributed by atoms with van der Waals surface area (Å²) in [5, 5.41) is 11.8. The van der Waals surface area contributed by atoms with Gasteiger partial charge in [0.1, 0.15) is 16.4 Å². The van der Waals surface area contributed by atoms with Gasteiger partial charge < -0.3 is 9.84 Å². The summed E-state index contributed by atoms with van der Waals surface area (Å²) in [6.07, 6.45) is 4.47. The molecule has 1 N–H and O–H groups in total. The second-order valence-corrected chi connectivity index (χ2v) is 6.94. The van der Waals surface area contributed by atoms with Crippen molar-refractivity contribution in [3.05, 3.63) is 48.0 Å². The minimum absolute atomic E-state index is 0. The Balaban J connectivity index is 0.00000312. The van der Waals surface area contributed by atoms with E-state index in [1.54, 1.807) is 24.3 Å². The zero-order valence-corrected chi connectivity index (χ0v) is 18.5. The molecule has 0 aliphatic rings. The molecule has 0 bridgehead atoms. The fourth-order valence-electron chi connectivity index (χ4n) is 2.53. The van der Waals surface area contributed by atoms with Gasteiger partial charge in [0.05, 0.1) is 0 Å². The van der Waals surface area contributed by atoms with Crippen molar-refractivity contribution in [2.45, 2.75) is 43.9 Å². The van der Waals surface area contributed by atoms with E-state index in [0.717, 1.165) is 25.7 Å². The molecule has 0 atom stereocenters. The first-order valence-corrected chi connectivity index (χ1v) is 9.40. The maximum atomic E-state index is 11.8. The van der Waals surface area contributed by atoms with Crippen LogP contribution in [0.1, 0.15) is 38.2 Å². The number of rotatable bonds is 8. The molecule has 0 aliphatic heterocycles. The summed E-state index contributed by atoms with van der Waals surface area (Å²) in [4.78, 5) is -0.259. The summed E-state index contributed by atoms with van der Waals surface area (Å²) in [5.41, 5.74) is 0.495. The molecule has 2 aromatic rings. The van der Waals surface area contributed by atoms with Crippen molar-refractivity contribution in [3.63, 3.8) is 0 Å². The maximum absolute atomic E-state index is 11.8. The van der Waals surface area contributed by atoms with Crippen molar-refractivity contribution in [1.29, 1.82) is 0 Å². The van der Waals surface area contributed by atoms with Crippen LogP contribution in [0, 0.1) is 0 Å². The zero-order chi connectivity index (χ0) is 17.6. The van der Waals surface area contributed by atoms with Gasteiger partial charge in [-0.25, -0.2) is 0 Å². The van der Waals surface area contributed by atoms with Gasteiger partial charge >= 0.3 is 51.4 Å². The Kier molecular flexibility index (Phi) is 9.65. The van der Waals surface area contributed by atoms with Gasteiger partial charge in [0, 0.05) is 0 Å². The zero-order valence-electron chi connectivity index (χ0n) is 14.6. The second kappa shape index (κ2) is 10.7. The van der Waals surface area contributed by atoms with E-state index in [2.05, 4.69) is 6.92 Å². The minimum atomic E-state index is -4.47. The van der Waals surface area contributed by atoms with Crippen LogP contribution in [0.5, 0.6) is 17.2 Å². The fraction of sp³-hybridized carbons (Fsp3) is 0.333. The third kappa shape index (κ3) is 6.67. The quantitative estimate of drug-likeness (QED) is 0.413. The van der Waals surface area contributed by atoms with E-state index >= 15 is 0 Å². The van der Waals surface area contributed by atoms with Crippen LogP contribution < -0.4 is 61.2 Å². The second-order valence-electron chi connectivity index (χ2n) is 5.58. The predicted molar refractivity (Wildman–Crippen MR) is 90.1 cm³/mol. The van der Waals surface area contributed by atoms with Crippen LogP contribution in [0.15, 0.2) is 47.4 Å². The van der Waals surface area contributed by atoms with E-state index in [0.29, 0.717) is 12.0 Å². The molecule has 0 heterocycles. The van der Waals surface area contributed by atoms with Crippen molar-refractivity contribution in [2.24, 2.45) is 0 Å². The Morgan fingerprint density at radius 3 is 2.32 bits per heavy atom. The number of para-hydroxylation sites is 2. The van der Waals surface area contributed by atoms with Gasteiger partial charge in [-0.1, -0.05) is 62.3 Å². The van der Waals surface area contributed by atoms with E-state index in [-0.39, 0.29) is 73.5 Å².